The summed E-state index contributed by atoms with van der Waals surface area (Å²) < 4.78 is 0. The number of nitrogens with zero attached hydrogens (tertiary/aromatic N) is 1. The third-order valence-electron chi connectivity index (χ3n) is 4.50. The molecule has 2 aromatic carbocycles. The number of hydrogen-bond donors (Lipinski definition) is 2. The molecule has 0 fully saturated rings. The van der Waals surface area contributed by atoms with E-state index in [9.17, 15) is 9.59 Å². The van der Waals surface area contributed by atoms with Gasteiger partial charge in [-0.15, -0.1) is 0 Å². The summed E-state index contributed by atoms with van der Waals surface area (Å²) in [5.41, 5.74) is 3.18. The first-order chi connectivity index (χ1) is 12.1. The highest BCUT2D eigenvalue weighted by molar-refractivity contribution is 6.14. The summed E-state index contributed by atoms with van der Waals surface area (Å²) in [6.45, 7) is 7.11. The third-order valence-corrected chi connectivity index (χ3v) is 4.50. The Labute approximate surface area is 155 Å². The number of benzene rings is 2. The Bertz CT molecular complexity index is 788. The highest BCUT2D eigenvalue weighted by Crippen LogP contribution is 2.25. The molecule has 0 aliphatic rings. The van der Waals surface area contributed by atoms with Gasteiger partial charge in [-0.1, -0.05) is 18.2 Å². The van der Waals surface area contributed by atoms with Crippen molar-refractivity contribution in [3.8, 4) is 0 Å². The second kappa shape index (κ2) is 7.60. The van der Waals surface area contributed by atoms with E-state index in [0.29, 0.717) is 5.69 Å². The Hall–Kier alpha value is -2.82. The molecule has 0 spiro atoms. The fraction of sp³-hybridized carbons (Fsp3) is 0.333. The highest BCUT2D eigenvalue weighted by Gasteiger charge is 2.36. The zero-order chi connectivity index (χ0) is 19.5. The fourth-order valence-electron chi connectivity index (χ4n) is 2.51. The maximum atomic E-state index is 12.7. The minimum Gasteiger partial charge on any atom is -0.378 e. The summed E-state index contributed by atoms with van der Waals surface area (Å²) in [5, 5.41) is 5.73. The largest absolute Gasteiger partial charge is 0.378 e. The lowest BCUT2D eigenvalue weighted by atomic mass is 9.90. The molecule has 0 heterocycles. The summed E-state index contributed by atoms with van der Waals surface area (Å²) in [6, 6.07) is 13.3. The molecule has 0 bridgehead atoms. The molecular formula is C21H27N3O2. The SMILES string of the molecule is Cc1cccc(C)c1NC(=O)C(C)(C)C(=O)Nc1ccc(N(C)C)cc1. The molecule has 0 saturated carbocycles. The van der Waals surface area contributed by atoms with Gasteiger partial charge in [0.1, 0.15) is 5.41 Å². The van der Waals surface area contributed by atoms with Crippen LogP contribution in [0.4, 0.5) is 17.1 Å². The second-order valence-electron chi connectivity index (χ2n) is 7.24. The molecular weight excluding hydrogens is 326 g/mol. The van der Waals surface area contributed by atoms with E-state index in [4.69, 9.17) is 0 Å². The van der Waals surface area contributed by atoms with Crippen LogP contribution in [0.5, 0.6) is 0 Å². The van der Waals surface area contributed by atoms with Crippen LogP contribution in [0.3, 0.4) is 0 Å². The molecule has 0 radical (unpaired) electrons. The van der Waals surface area contributed by atoms with Gasteiger partial charge in [0, 0.05) is 31.2 Å². The van der Waals surface area contributed by atoms with Gasteiger partial charge in [0.05, 0.1) is 0 Å². The van der Waals surface area contributed by atoms with Crippen molar-refractivity contribution in [1.29, 1.82) is 0 Å². The van der Waals surface area contributed by atoms with Crippen molar-refractivity contribution in [3.63, 3.8) is 0 Å². The molecule has 26 heavy (non-hydrogen) atoms. The molecule has 0 aliphatic heterocycles. The quantitative estimate of drug-likeness (QED) is 0.800. The minimum absolute atomic E-state index is 0.336. The molecule has 2 rings (SSSR count). The smallest absolute Gasteiger partial charge is 0.239 e. The Balaban J connectivity index is 2.12. The van der Waals surface area contributed by atoms with Crippen molar-refractivity contribution in [2.75, 3.05) is 29.6 Å². The van der Waals surface area contributed by atoms with Gasteiger partial charge in [-0.3, -0.25) is 9.59 Å². The minimum atomic E-state index is -1.21. The van der Waals surface area contributed by atoms with Gasteiger partial charge in [-0.25, -0.2) is 0 Å². The van der Waals surface area contributed by atoms with Crippen LogP contribution in [0.25, 0.3) is 0 Å². The zero-order valence-corrected chi connectivity index (χ0v) is 16.3. The maximum Gasteiger partial charge on any atom is 0.239 e. The van der Waals surface area contributed by atoms with Gasteiger partial charge in [0.15, 0.2) is 0 Å². The Morgan fingerprint density at radius 1 is 0.846 bits per heavy atom. The van der Waals surface area contributed by atoms with Gasteiger partial charge in [-0.05, 0) is 63.1 Å². The number of carbonyl (C=O) groups excluding carboxylic acids is 2. The van der Waals surface area contributed by atoms with Crippen LogP contribution in [-0.2, 0) is 9.59 Å². The van der Waals surface area contributed by atoms with Crippen molar-refractivity contribution in [2.45, 2.75) is 27.7 Å². The van der Waals surface area contributed by atoms with Crippen LogP contribution >= 0.6 is 0 Å². The summed E-state index contributed by atoms with van der Waals surface area (Å²) in [4.78, 5) is 27.4. The third kappa shape index (κ3) is 4.23. The van der Waals surface area contributed by atoms with E-state index in [1.807, 2.05) is 75.3 Å². The monoisotopic (exact) mass is 353 g/mol. The van der Waals surface area contributed by atoms with E-state index < -0.39 is 5.41 Å². The standard InChI is InChI=1S/C21H27N3O2/c1-14-8-7-9-15(2)18(14)23-20(26)21(3,4)19(25)22-16-10-12-17(13-11-16)24(5)6/h7-13H,1-6H3,(H,22,25)(H,23,26). The molecule has 0 saturated heterocycles. The van der Waals surface area contributed by atoms with Gasteiger partial charge < -0.3 is 15.5 Å². The number of rotatable bonds is 5. The molecule has 0 atom stereocenters. The van der Waals surface area contributed by atoms with Crippen LogP contribution in [0.2, 0.25) is 0 Å². The average Bonchev–Trinajstić information content (AvgIpc) is 2.58. The summed E-state index contributed by atoms with van der Waals surface area (Å²) >= 11 is 0. The van der Waals surface area contributed by atoms with Gasteiger partial charge in [-0.2, -0.15) is 0 Å². The first-order valence-electron chi connectivity index (χ1n) is 8.59. The molecule has 5 heteroatoms. The summed E-state index contributed by atoms with van der Waals surface area (Å²) in [6.07, 6.45) is 0. The Morgan fingerprint density at radius 2 is 1.35 bits per heavy atom. The molecule has 0 unspecified atom stereocenters. The van der Waals surface area contributed by atoms with Crippen molar-refractivity contribution < 1.29 is 9.59 Å². The van der Waals surface area contributed by atoms with Crippen LogP contribution in [0.15, 0.2) is 42.5 Å². The second-order valence-corrected chi connectivity index (χ2v) is 7.24. The van der Waals surface area contributed by atoms with Gasteiger partial charge in [0.2, 0.25) is 11.8 Å². The molecule has 0 aromatic heterocycles. The van der Waals surface area contributed by atoms with E-state index in [1.165, 1.54) is 0 Å². The number of aryl methyl sites for hydroxylation is 2. The van der Waals surface area contributed by atoms with Crippen LogP contribution < -0.4 is 15.5 Å². The van der Waals surface area contributed by atoms with Gasteiger partial charge >= 0.3 is 0 Å². The summed E-state index contributed by atoms with van der Waals surface area (Å²) in [7, 11) is 3.91. The predicted molar refractivity (Wildman–Crippen MR) is 108 cm³/mol. The van der Waals surface area contributed by atoms with Gasteiger partial charge in [0.25, 0.3) is 0 Å². The Kier molecular flexibility index (Phi) is 5.70. The summed E-state index contributed by atoms with van der Waals surface area (Å²) in [5.74, 6) is -0.684. The number of amides is 2. The highest BCUT2D eigenvalue weighted by atomic mass is 16.2. The number of hydrogen-bond acceptors (Lipinski definition) is 3. The van der Waals surface area contributed by atoms with Crippen LogP contribution in [-0.4, -0.2) is 25.9 Å². The number of nitrogens with one attached hydrogen (secondary N) is 2. The average molecular weight is 353 g/mol. The first kappa shape index (κ1) is 19.5. The van der Waals surface area contributed by atoms with E-state index >= 15 is 0 Å². The van der Waals surface area contributed by atoms with E-state index in [-0.39, 0.29) is 11.8 Å². The van der Waals surface area contributed by atoms with Crippen LogP contribution in [0.1, 0.15) is 25.0 Å². The number of para-hydroxylation sites is 1. The predicted octanol–water partition coefficient (Wildman–Crippen LogP) is 3.97. The number of anilines is 3. The van der Waals surface area contributed by atoms with Crippen molar-refractivity contribution in [1.82, 2.24) is 0 Å². The number of carbonyl (C=O) groups is 2. The van der Waals surface area contributed by atoms with Crippen molar-refractivity contribution >= 4 is 28.9 Å². The van der Waals surface area contributed by atoms with Crippen molar-refractivity contribution in [3.05, 3.63) is 53.6 Å². The molecule has 2 N–H and O–H groups in total. The zero-order valence-electron chi connectivity index (χ0n) is 16.3. The van der Waals surface area contributed by atoms with E-state index in [2.05, 4.69) is 10.6 Å². The van der Waals surface area contributed by atoms with E-state index in [0.717, 1.165) is 22.5 Å². The lowest BCUT2D eigenvalue weighted by molar-refractivity contribution is -0.135. The van der Waals surface area contributed by atoms with Crippen molar-refractivity contribution in [2.24, 2.45) is 5.41 Å². The first-order valence-corrected chi connectivity index (χ1v) is 8.59. The molecule has 0 aliphatic carbocycles. The lowest BCUT2D eigenvalue weighted by Gasteiger charge is -2.24. The topological polar surface area (TPSA) is 61.4 Å². The molecule has 138 valence electrons. The lowest BCUT2D eigenvalue weighted by Crippen LogP contribution is -2.41. The molecule has 2 amide bonds. The van der Waals surface area contributed by atoms with E-state index in [1.54, 1.807) is 13.8 Å². The Morgan fingerprint density at radius 3 is 1.85 bits per heavy atom. The molecule has 2 aromatic rings. The molecule has 5 nitrogen and oxygen atoms in total. The fourth-order valence-corrected chi connectivity index (χ4v) is 2.51. The van der Waals surface area contributed by atoms with Crippen LogP contribution in [0, 0.1) is 19.3 Å². The maximum absolute atomic E-state index is 12.7. The normalized spacial score (nSPS) is 11.0.